The van der Waals surface area contributed by atoms with E-state index in [9.17, 15) is 4.79 Å². The monoisotopic (exact) mass is 286 g/mol. The van der Waals surface area contributed by atoms with Crippen LogP contribution in [0.5, 0.6) is 0 Å². The third kappa shape index (κ3) is 3.34. The number of anilines is 1. The standard InChI is InChI=1S/C17H22N2O2/c1-12(2)19(8-5-9-20)17(21)15-10-13-6-3-4-7-14(13)11-16(15)18/h3-4,6-7,10-12,20H,5,8-9,18H2,1-2H3. The summed E-state index contributed by atoms with van der Waals surface area (Å²) < 4.78 is 0. The number of aliphatic hydroxyl groups is 1. The lowest BCUT2D eigenvalue weighted by Crippen LogP contribution is -2.38. The highest BCUT2D eigenvalue weighted by molar-refractivity contribution is 6.04. The largest absolute Gasteiger partial charge is 0.398 e. The van der Waals surface area contributed by atoms with Gasteiger partial charge in [0.25, 0.3) is 5.91 Å². The predicted octanol–water partition coefficient (Wildman–Crippen LogP) is 2.66. The number of carbonyl (C=O) groups excluding carboxylic acids is 1. The number of carbonyl (C=O) groups is 1. The minimum Gasteiger partial charge on any atom is -0.398 e. The van der Waals surface area contributed by atoms with E-state index in [1.165, 1.54) is 0 Å². The molecule has 2 aromatic rings. The number of rotatable bonds is 5. The lowest BCUT2D eigenvalue weighted by atomic mass is 10.0. The van der Waals surface area contributed by atoms with Gasteiger partial charge in [0.2, 0.25) is 0 Å². The number of nitrogen functional groups attached to an aromatic ring is 1. The van der Waals surface area contributed by atoms with Gasteiger partial charge in [-0.3, -0.25) is 4.79 Å². The van der Waals surface area contributed by atoms with Crippen LogP contribution in [0.2, 0.25) is 0 Å². The van der Waals surface area contributed by atoms with E-state index >= 15 is 0 Å². The van der Waals surface area contributed by atoms with Crippen molar-refractivity contribution in [3.05, 3.63) is 42.0 Å². The molecule has 2 rings (SSSR count). The third-order valence-electron chi connectivity index (χ3n) is 3.59. The van der Waals surface area contributed by atoms with Crippen LogP contribution in [0.1, 0.15) is 30.6 Å². The van der Waals surface area contributed by atoms with Crippen LogP contribution in [0.15, 0.2) is 36.4 Å². The molecule has 2 aromatic carbocycles. The fourth-order valence-corrected chi connectivity index (χ4v) is 2.43. The van der Waals surface area contributed by atoms with Crippen LogP contribution < -0.4 is 5.73 Å². The molecule has 0 aliphatic rings. The Balaban J connectivity index is 2.38. The molecule has 4 nitrogen and oxygen atoms in total. The van der Waals surface area contributed by atoms with Gasteiger partial charge in [-0.25, -0.2) is 0 Å². The molecule has 112 valence electrons. The van der Waals surface area contributed by atoms with Crippen LogP contribution in [-0.2, 0) is 0 Å². The number of benzene rings is 2. The molecule has 1 amide bonds. The molecule has 0 aromatic heterocycles. The van der Waals surface area contributed by atoms with Gasteiger partial charge in [-0.1, -0.05) is 24.3 Å². The first-order valence-electron chi connectivity index (χ1n) is 7.24. The Hall–Kier alpha value is -2.07. The van der Waals surface area contributed by atoms with Gasteiger partial charge >= 0.3 is 0 Å². The van der Waals surface area contributed by atoms with Crippen LogP contribution in [0.4, 0.5) is 5.69 Å². The van der Waals surface area contributed by atoms with Crippen LogP contribution in [0.25, 0.3) is 10.8 Å². The van der Waals surface area contributed by atoms with E-state index in [4.69, 9.17) is 10.8 Å². The minimum absolute atomic E-state index is 0.0647. The molecule has 0 saturated carbocycles. The van der Waals surface area contributed by atoms with E-state index in [-0.39, 0.29) is 18.6 Å². The molecule has 4 heteroatoms. The topological polar surface area (TPSA) is 66.6 Å². The maximum absolute atomic E-state index is 12.7. The smallest absolute Gasteiger partial charge is 0.256 e. The molecule has 0 bridgehead atoms. The zero-order valence-electron chi connectivity index (χ0n) is 12.5. The van der Waals surface area contributed by atoms with Crippen LogP contribution >= 0.6 is 0 Å². The van der Waals surface area contributed by atoms with E-state index < -0.39 is 0 Å². The number of amides is 1. The Morgan fingerprint density at radius 2 is 1.86 bits per heavy atom. The summed E-state index contributed by atoms with van der Waals surface area (Å²) in [5, 5.41) is 11.0. The maximum atomic E-state index is 12.7. The second kappa shape index (κ2) is 6.59. The van der Waals surface area contributed by atoms with Gasteiger partial charge in [0.1, 0.15) is 0 Å². The first-order valence-corrected chi connectivity index (χ1v) is 7.24. The first kappa shape index (κ1) is 15.3. The summed E-state index contributed by atoms with van der Waals surface area (Å²) in [4.78, 5) is 14.5. The number of hydrogen-bond donors (Lipinski definition) is 2. The summed E-state index contributed by atoms with van der Waals surface area (Å²) in [6, 6.07) is 11.6. The second-order valence-electron chi connectivity index (χ2n) is 5.46. The lowest BCUT2D eigenvalue weighted by Gasteiger charge is -2.27. The predicted molar refractivity (Wildman–Crippen MR) is 86.2 cm³/mol. The van der Waals surface area contributed by atoms with Crippen LogP contribution in [-0.4, -0.2) is 35.1 Å². The number of nitrogens with zero attached hydrogens (tertiary/aromatic N) is 1. The van der Waals surface area contributed by atoms with Gasteiger partial charge in [0.05, 0.1) is 5.56 Å². The molecule has 0 heterocycles. The molecule has 0 spiro atoms. The molecule has 0 unspecified atom stereocenters. The summed E-state index contributed by atoms with van der Waals surface area (Å²) >= 11 is 0. The SMILES string of the molecule is CC(C)N(CCCO)C(=O)c1cc2ccccc2cc1N. The summed E-state index contributed by atoms with van der Waals surface area (Å²) in [5.41, 5.74) is 7.08. The van der Waals surface area contributed by atoms with E-state index in [1.807, 2.05) is 50.2 Å². The molecule has 21 heavy (non-hydrogen) atoms. The highest BCUT2D eigenvalue weighted by Crippen LogP contribution is 2.23. The number of fused-ring (bicyclic) bond motifs is 1. The molecular weight excluding hydrogens is 264 g/mol. The normalized spacial score (nSPS) is 11.0. The van der Waals surface area contributed by atoms with Crippen molar-refractivity contribution in [3.8, 4) is 0 Å². The zero-order valence-corrected chi connectivity index (χ0v) is 12.5. The molecule has 0 aliphatic heterocycles. The molecule has 0 atom stereocenters. The quantitative estimate of drug-likeness (QED) is 0.830. The number of aliphatic hydroxyl groups excluding tert-OH is 1. The van der Waals surface area contributed by atoms with Gasteiger partial charge in [-0.05, 0) is 43.2 Å². The highest BCUT2D eigenvalue weighted by atomic mass is 16.3. The van der Waals surface area contributed by atoms with Crippen molar-refractivity contribution < 1.29 is 9.90 Å². The molecule has 0 radical (unpaired) electrons. The Labute approximate surface area is 125 Å². The summed E-state index contributed by atoms with van der Waals surface area (Å²) in [6.45, 7) is 4.53. The molecule has 0 fully saturated rings. The van der Waals surface area contributed by atoms with Crippen LogP contribution in [0.3, 0.4) is 0 Å². The average Bonchev–Trinajstić information content (AvgIpc) is 2.46. The van der Waals surface area contributed by atoms with Gasteiger partial charge in [-0.15, -0.1) is 0 Å². The second-order valence-corrected chi connectivity index (χ2v) is 5.46. The summed E-state index contributed by atoms with van der Waals surface area (Å²) in [5.74, 6) is -0.0818. The van der Waals surface area contributed by atoms with Crippen molar-refractivity contribution in [1.82, 2.24) is 4.90 Å². The average molecular weight is 286 g/mol. The Morgan fingerprint density at radius 3 is 2.43 bits per heavy atom. The molecule has 3 N–H and O–H groups in total. The van der Waals surface area contributed by atoms with Crippen molar-refractivity contribution in [2.75, 3.05) is 18.9 Å². The summed E-state index contributed by atoms with van der Waals surface area (Å²) in [6.07, 6.45) is 0.567. The number of hydrogen-bond acceptors (Lipinski definition) is 3. The van der Waals surface area contributed by atoms with Gasteiger partial charge in [0, 0.05) is 24.9 Å². The van der Waals surface area contributed by atoms with E-state index in [2.05, 4.69) is 0 Å². The van der Waals surface area contributed by atoms with E-state index in [1.54, 1.807) is 4.90 Å². The lowest BCUT2D eigenvalue weighted by molar-refractivity contribution is 0.0694. The fourth-order valence-electron chi connectivity index (χ4n) is 2.43. The summed E-state index contributed by atoms with van der Waals surface area (Å²) in [7, 11) is 0. The Kier molecular flexibility index (Phi) is 4.81. The Bertz CT molecular complexity index is 638. The fraction of sp³-hybridized carbons (Fsp3) is 0.353. The molecule has 0 aliphatic carbocycles. The maximum Gasteiger partial charge on any atom is 0.256 e. The van der Waals surface area contributed by atoms with Crippen molar-refractivity contribution >= 4 is 22.4 Å². The van der Waals surface area contributed by atoms with Gasteiger partial charge in [-0.2, -0.15) is 0 Å². The van der Waals surface area contributed by atoms with Gasteiger partial charge < -0.3 is 15.7 Å². The van der Waals surface area contributed by atoms with Crippen molar-refractivity contribution in [2.45, 2.75) is 26.3 Å². The third-order valence-corrected chi connectivity index (χ3v) is 3.59. The first-order chi connectivity index (χ1) is 10.0. The number of nitrogens with two attached hydrogens (primary N) is 1. The van der Waals surface area contributed by atoms with E-state index in [0.717, 1.165) is 10.8 Å². The van der Waals surface area contributed by atoms with Crippen molar-refractivity contribution in [3.63, 3.8) is 0 Å². The highest BCUT2D eigenvalue weighted by Gasteiger charge is 2.20. The minimum atomic E-state index is -0.0818. The van der Waals surface area contributed by atoms with Gasteiger partial charge in [0.15, 0.2) is 0 Å². The van der Waals surface area contributed by atoms with Crippen LogP contribution in [0, 0.1) is 0 Å². The Morgan fingerprint density at radius 1 is 1.24 bits per heavy atom. The van der Waals surface area contributed by atoms with E-state index in [0.29, 0.717) is 24.2 Å². The van der Waals surface area contributed by atoms with Crippen molar-refractivity contribution in [1.29, 1.82) is 0 Å². The molecule has 0 saturated heterocycles. The van der Waals surface area contributed by atoms with Crippen molar-refractivity contribution in [2.24, 2.45) is 0 Å². The molecular formula is C17H22N2O2. The zero-order chi connectivity index (χ0) is 15.4.